The van der Waals surface area contributed by atoms with Crippen LogP contribution in [0.2, 0.25) is 0 Å². The lowest BCUT2D eigenvalue weighted by Gasteiger charge is -2.41. The van der Waals surface area contributed by atoms with Crippen LogP contribution >= 0.6 is 0 Å². The molecule has 0 aromatic carbocycles. The highest BCUT2D eigenvalue weighted by molar-refractivity contribution is 5.11. The molecular weight excluding hydrogens is 226 g/mol. The number of aliphatic hydroxyl groups excluding tert-OH is 1. The van der Waals surface area contributed by atoms with Crippen molar-refractivity contribution in [3.05, 3.63) is 17.7 Å². The number of rotatable bonds is 4. The first-order valence-electron chi connectivity index (χ1n) is 6.98. The summed E-state index contributed by atoms with van der Waals surface area (Å²) in [5.41, 5.74) is 2.27. The van der Waals surface area contributed by atoms with Gasteiger partial charge >= 0.3 is 0 Å². The van der Waals surface area contributed by atoms with Crippen molar-refractivity contribution in [2.75, 3.05) is 13.2 Å². The Labute approximate surface area is 109 Å². The molecular formula is C14H25N3O. The van der Waals surface area contributed by atoms with Gasteiger partial charge in [0.2, 0.25) is 0 Å². The third kappa shape index (κ3) is 2.45. The van der Waals surface area contributed by atoms with E-state index in [1.165, 1.54) is 12.1 Å². The second kappa shape index (κ2) is 5.41. The standard InChI is InChI=1S/C14H25N3O/c1-4-16-14(9-18)7-5-6-13(8-14)17-10-15-11(2)12(17)3/h10,13,16,18H,4-9H2,1-3H3. The highest BCUT2D eigenvalue weighted by Crippen LogP contribution is 2.36. The number of imidazole rings is 1. The van der Waals surface area contributed by atoms with Gasteiger partial charge in [0.1, 0.15) is 0 Å². The predicted octanol–water partition coefficient (Wildman–Crippen LogP) is 1.96. The van der Waals surface area contributed by atoms with Crippen molar-refractivity contribution < 1.29 is 5.11 Å². The minimum Gasteiger partial charge on any atom is -0.394 e. The first-order valence-corrected chi connectivity index (χ1v) is 6.98. The molecule has 2 atom stereocenters. The number of hydrogen-bond acceptors (Lipinski definition) is 3. The molecule has 1 heterocycles. The van der Waals surface area contributed by atoms with E-state index in [-0.39, 0.29) is 12.1 Å². The Morgan fingerprint density at radius 1 is 1.56 bits per heavy atom. The van der Waals surface area contributed by atoms with E-state index in [0.29, 0.717) is 6.04 Å². The number of hydrogen-bond donors (Lipinski definition) is 2. The molecule has 4 nitrogen and oxygen atoms in total. The van der Waals surface area contributed by atoms with E-state index >= 15 is 0 Å². The number of likely N-dealkylation sites (N-methyl/N-ethyl adjacent to an activating group) is 1. The first kappa shape index (κ1) is 13.6. The summed E-state index contributed by atoms with van der Waals surface area (Å²) in [6.45, 7) is 7.43. The van der Waals surface area contributed by atoms with Gasteiger partial charge in [-0.05, 0) is 46.1 Å². The van der Waals surface area contributed by atoms with Gasteiger partial charge in [-0.3, -0.25) is 0 Å². The molecule has 0 aliphatic heterocycles. The van der Waals surface area contributed by atoms with Crippen LogP contribution in [0.25, 0.3) is 0 Å². The highest BCUT2D eigenvalue weighted by atomic mass is 16.3. The average molecular weight is 251 g/mol. The molecule has 0 saturated heterocycles. The molecule has 4 heteroatoms. The Hall–Kier alpha value is -0.870. The van der Waals surface area contributed by atoms with Gasteiger partial charge in [-0.25, -0.2) is 4.98 Å². The summed E-state index contributed by atoms with van der Waals surface area (Å²) >= 11 is 0. The molecule has 2 unspecified atom stereocenters. The summed E-state index contributed by atoms with van der Waals surface area (Å²) in [7, 11) is 0. The van der Waals surface area contributed by atoms with Crippen LogP contribution in [0.3, 0.4) is 0 Å². The van der Waals surface area contributed by atoms with E-state index in [1.54, 1.807) is 0 Å². The van der Waals surface area contributed by atoms with Crippen molar-refractivity contribution in [1.29, 1.82) is 0 Å². The van der Waals surface area contributed by atoms with Crippen molar-refractivity contribution in [2.45, 2.75) is 58.0 Å². The van der Waals surface area contributed by atoms with E-state index < -0.39 is 0 Å². The molecule has 2 N–H and O–H groups in total. The largest absolute Gasteiger partial charge is 0.394 e. The summed E-state index contributed by atoms with van der Waals surface area (Å²) in [5, 5.41) is 13.2. The van der Waals surface area contributed by atoms with Crippen LogP contribution in [0.4, 0.5) is 0 Å². The van der Waals surface area contributed by atoms with Crippen LogP contribution < -0.4 is 5.32 Å². The third-order valence-corrected chi connectivity index (χ3v) is 4.35. The quantitative estimate of drug-likeness (QED) is 0.860. The van der Waals surface area contributed by atoms with E-state index in [0.717, 1.165) is 31.5 Å². The molecule has 1 aromatic rings. The number of nitrogens with one attached hydrogen (secondary N) is 1. The molecule has 1 fully saturated rings. The molecule has 0 amide bonds. The minimum atomic E-state index is -0.0950. The Morgan fingerprint density at radius 2 is 2.33 bits per heavy atom. The van der Waals surface area contributed by atoms with Crippen LogP contribution in [-0.2, 0) is 0 Å². The number of aryl methyl sites for hydroxylation is 1. The van der Waals surface area contributed by atoms with Crippen molar-refractivity contribution in [1.82, 2.24) is 14.9 Å². The maximum absolute atomic E-state index is 9.72. The maximum Gasteiger partial charge on any atom is 0.0954 e. The zero-order chi connectivity index (χ0) is 13.2. The van der Waals surface area contributed by atoms with Gasteiger partial charge in [0.25, 0.3) is 0 Å². The van der Waals surface area contributed by atoms with Gasteiger partial charge in [-0.1, -0.05) is 6.92 Å². The Balaban J connectivity index is 2.18. The molecule has 0 radical (unpaired) electrons. The van der Waals surface area contributed by atoms with Gasteiger partial charge in [0.15, 0.2) is 0 Å². The summed E-state index contributed by atoms with van der Waals surface area (Å²) < 4.78 is 2.29. The second-order valence-corrected chi connectivity index (χ2v) is 5.54. The fourth-order valence-corrected chi connectivity index (χ4v) is 3.19. The van der Waals surface area contributed by atoms with Gasteiger partial charge in [0.05, 0.1) is 18.6 Å². The van der Waals surface area contributed by atoms with Crippen LogP contribution in [-0.4, -0.2) is 33.3 Å². The normalized spacial score (nSPS) is 28.6. The Bertz CT molecular complexity index is 398. The average Bonchev–Trinajstić information content (AvgIpc) is 2.71. The summed E-state index contributed by atoms with van der Waals surface area (Å²) in [4.78, 5) is 4.39. The first-order chi connectivity index (χ1) is 8.62. The predicted molar refractivity (Wildman–Crippen MR) is 72.7 cm³/mol. The minimum absolute atomic E-state index is 0.0950. The summed E-state index contributed by atoms with van der Waals surface area (Å²) in [6, 6.07) is 0.464. The third-order valence-electron chi connectivity index (χ3n) is 4.35. The van der Waals surface area contributed by atoms with Gasteiger partial charge < -0.3 is 15.0 Å². The fourth-order valence-electron chi connectivity index (χ4n) is 3.19. The van der Waals surface area contributed by atoms with Crippen LogP contribution in [0.5, 0.6) is 0 Å². The SMILES string of the molecule is CCNC1(CO)CCCC(n2cnc(C)c2C)C1. The molecule has 1 aliphatic rings. The molecule has 1 aliphatic carbocycles. The molecule has 1 aromatic heterocycles. The van der Waals surface area contributed by atoms with Crippen LogP contribution in [0.1, 0.15) is 50.0 Å². The Kier molecular flexibility index (Phi) is 4.07. The second-order valence-electron chi connectivity index (χ2n) is 5.54. The zero-order valence-electron chi connectivity index (χ0n) is 11.7. The molecule has 0 spiro atoms. The molecule has 1 saturated carbocycles. The van der Waals surface area contributed by atoms with Gasteiger partial charge in [-0.2, -0.15) is 0 Å². The highest BCUT2D eigenvalue weighted by Gasteiger charge is 2.36. The lowest BCUT2D eigenvalue weighted by Crippen LogP contribution is -2.51. The molecule has 102 valence electrons. The molecule has 0 bridgehead atoms. The molecule has 18 heavy (non-hydrogen) atoms. The van der Waals surface area contributed by atoms with E-state index in [1.807, 2.05) is 6.33 Å². The summed E-state index contributed by atoms with van der Waals surface area (Å²) in [5.74, 6) is 0. The summed E-state index contributed by atoms with van der Waals surface area (Å²) in [6.07, 6.45) is 6.36. The van der Waals surface area contributed by atoms with Crippen LogP contribution in [0.15, 0.2) is 6.33 Å². The lowest BCUT2D eigenvalue weighted by molar-refractivity contribution is 0.0988. The topological polar surface area (TPSA) is 50.1 Å². The monoisotopic (exact) mass is 251 g/mol. The number of aromatic nitrogens is 2. The van der Waals surface area contributed by atoms with E-state index in [2.05, 4.69) is 35.6 Å². The molecule has 2 rings (SSSR count). The van der Waals surface area contributed by atoms with Crippen molar-refractivity contribution in [3.8, 4) is 0 Å². The fraction of sp³-hybridized carbons (Fsp3) is 0.786. The van der Waals surface area contributed by atoms with Crippen LogP contribution in [0, 0.1) is 13.8 Å². The van der Waals surface area contributed by atoms with E-state index in [4.69, 9.17) is 0 Å². The number of aliphatic hydroxyl groups is 1. The maximum atomic E-state index is 9.72. The zero-order valence-corrected chi connectivity index (χ0v) is 11.7. The van der Waals surface area contributed by atoms with Gasteiger partial charge in [-0.15, -0.1) is 0 Å². The van der Waals surface area contributed by atoms with Crippen molar-refractivity contribution in [2.24, 2.45) is 0 Å². The van der Waals surface area contributed by atoms with E-state index in [9.17, 15) is 5.11 Å². The van der Waals surface area contributed by atoms with Gasteiger partial charge in [0, 0.05) is 17.3 Å². The number of nitrogens with zero attached hydrogens (tertiary/aromatic N) is 2. The lowest BCUT2D eigenvalue weighted by atomic mass is 9.79. The van der Waals surface area contributed by atoms with Crippen molar-refractivity contribution in [3.63, 3.8) is 0 Å². The Morgan fingerprint density at radius 3 is 2.89 bits per heavy atom. The van der Waals surface area contributed by atoms with Crippen molar-refractivity contribution >= 4 is 0 Å². The smallest absolute Gasteiger partial charge is 0.0954 e.